The van der Waals surface area contributed by atoms with Crippen molar-refractivity contribution < 1.29 is 18.0 Å². The van der Waals surface area contributed by atoms with Crippen molar-refractivity contribution >= 4 is 50.7 Å². The Kier molecular flexibility index (Phi) is 9.12. The summed E-state index contributed by atoms with van der Waals surface area (Å²) in [6.45, 7) is 7.55. The van der Waals surface area contributed by atoms with Gasteiger partial charge in [0.1, 0.15) is 10.9 Å². The molecular formula is C22H25Cl2N3O4S. The van der Waals surface area contributed by atoms with Gasteiger partial charge >= 0.3 is 0 Å². The Morgan fingerprint density at radius 3 is 2.41 bits per heavy atom. The van der Waals surface area contributed by atoms with Gasteiger partial charge in [0, 0.05) is 17.1 Å². The molecule has 2 amide bonds. The number of amides is 2. The third kappa shape index (κ3) is 6.25. The Labute approximate surface area is 198 Å². The fourth-order valence-electron chi connectivity index (χ4n) is 2.77. The maximum absolute atomic E-state index is 13.4. The monoisotopic (exact) mass is 497 g/mol. The second-order valence-corrected chi connectivity index (χ2v) is 9.61. The molecule has 7 nitrogen and oxygen atoms in total. The van der Waals surface area contributed by atoms with E-state index in [0.717, 1.165) is 10.7 Å². The predicted molar refractivity (Wildman–Crippen MR) is 128 cm³/mol. The molecule has 0 aliphatic carbocycles. The lowest BCUT2D eigenvalue weighted by atomic mass is 10.2. The minimum absolute atomic E-state index is 0.0225. The zero-order valence-corrected chi connectivity index (χ0v) is 20.1. The van der Waals surface area contributed by atoms with Gasteiger partial charge in [-0.15, -0.1) is 6.58 Å². The molecule has 0 heterocycles. The fraction of sp³-hybridized carbons (Fsp3) is 0.273. The van der Waals surface area contributed by atoms with Crippen molar-refractivity contribution in [2.24, 2.45) is 0 Å². The van der Waals surface area contributed by atoms with Crippen LogP contribution in [0.3, 0.4) is 0 Å². The summed E-state index contributed by atoms with van der Waals surface area (Å²) in [6, 6.07) is 9.38. The molecule has 0 saturated carbocycles. The van der Waals surface area contributed by atoms with E-state index in [1.807, 2.05) is 6.92 Å². The Balaban J connectivity index is 2.37. The summed E-state index contributed by atoms with van der Waals surface area (Å²) in [4.78, 5) is 24.4. The standard InChI is InChI=1S/C22H25Cl2N3O4S/c1-4-12-25-21(28)15(3)26-22(29)16-6-11-19(24)20(14-16)32(30,31)27(13-5-2)18-9-7-17(23)8-10-18/h5-11,14-15H,2,4,12-13H2,1,3H3,(H,25,28)(H,26,29). The van der Waals surface area contributed by atoms with E-state index in [2.05, 4.69) is 17.2 Å². The van der Waals surface area contributed by atoms with Crippen LogP contribution in [-0.2, 0) is 14.8 Å². The molecular weight excluding hydrogens is 473 g/mol. The van der Waals surface area contributed by atoms with Crippen LogP contribution in [0.15, 0.2) is 60.0 Å². The summed E-state index contributed by atoms with van der Waals surface area (Å²) in [7, 11) is -4.14. The number of halogens is 2. The maximum Gasteiger partial charge on any atom is 0.266 e. The van der Waals surface area contributed by atoms with Gasteiger partial charge in [0.2, 0.25) is 5.91 Å². The highest BCUT2D eigenvalue weighted by molar-refractivity contribution is 7.93. The van der Waals surface area contributed by atoms with Crippen molar-refractivity contribution in [1.82, 2.24) is 10.6 Å². The zero-order valence-electron chi connectivity index (χ0n) is 17.8. The molecule has 172 valence electrons. The number of carbonyl (C=O) groups excluding carboxylic acids is 2. The highest BCUT2D eigenvalue weighted by Crippen LogP contribution is 2.30. The molecule has 10 heteroatoms. The summed E-state index contributed by atoms with van der Waals surface area (Å²) in [6.07, 6.45) is 2.20. The molecule has 0 spiro atoms. The molecule has 2 aromatic carbocycles. The van der Waals surface area contributed by atoms with Crippen LogP contribution in [0.25, 0.3) is 0 Å². The smallest absolute Gasteiger partial charge is 0.266 e. The Morgan fingerprint density at radius 2 is 1.81 bits per heavy atom. The summed E-state index contributed by atoms with van der Waals surface area (Å²) >= 11 is 12.1. The highest BCUT2D eigenvalue weighted by atomic mass is 35.5. The molecule has 32 heavy (non-hydrogen) atoms. The molecule has 0 bridgehead atoms. The zero-order chi connectivity index (χ0) is 23.9. The fourth-order valence-corrected chi connectivity index (χ4v) is 4.84. The average Bonchev–Trinajstić information content (AvgIpc) is 2.76. The molecule has 1 unspecified atom stereocenters. The number of hydrogen-bond acceptors (Lipinski definition) is 4. The first-order valence-electron chi connectivity index (χ1n) is 9.89. The number of anilines is 1. The van der Waals surface area contributed by atoms with Crippen molar-refractivity contribution in [2.75, 3.05) is 17.4 Å². The highest BCUT2D eigenvalue weighted by Gasteiger charge is 2.28. The first-order valence-corrected chi connectivity index (χ1v) is 12.1. The van der Waals surface area contributed by atoms with Crippen LogP contribution in [0.5, 0.6) is 0 Å². The number of sulfonamides is 1. The van der Waals surface area contributed by atoms with Crippen LogP contribution >= 0.6 is 23.2 Å². The third-order valence-corrected chi connectivity index (χ3v) is 6.99. The molecule has 2 N–H and O–H groups in total. The van der Waals surface area contributed by atoms with E-state index in [0.29, 0.717) is 17.3 Å². The minimum Gasteiger partial charge on any atom is -0.354 e. The lowest BCUT2D eigenvalue weighted by Gasteiger charge is -2.24. The Morgan fingerprint density at radius 1 is 1.16 bits per heavy atom. The molecule has 0 saturated heterocycles. The summed E-state index contributed by atoms with van der Waals surface area (Å²) in [5.74, 6) is -0.930. The quantitative estimate of drug-likeness (QED) is 0.484. The molecule has 2 aromatic rings. The molecule has 0 fully saturated rings. The topological polar surface area (TPSA) is 95.6 Å². The minimum atomic E-state index is -4.14. The van der Waals surface area contributed by atoms with Gasteiger partial charge in [0.15, 0.2) is 0 Å². The van der Waals surface area contributed by atoms with Crippen molar-refractivity contribution in [1.29, 1.82) is 0 Å². The van der Waals surface area contributed by atoms with Crippen molar-refractivity contribution in [3.8, 4) is 0 Å². The first kappa shape index (κ1) is 25.7. The van der Waals surface area contributed by atoms with E-state index < -0.39 is 22.0 Å². The SMILES string of the molecule is C=CCN(c1ccc(Cl)cc1)S(=O)(=O)c1cc(C(=O)NC(C)C(=O)NCCC)ccc1Cl. The largest absolute Gasteiger partial charge is 0.354 e. The molecule has 0 radical (unpaired) electrons. The van der Waals surface area contributed by atoms with Crippen LogP contribution in [-0.4, -0.2) is 39.4 Å². The maximum atomic E-state index is 13.4. The Bertz CT molecular complexity index is 1090. The van der Waals surface area contributed by atoms with Crippen LogP contribution in [0, 0.1) is 0 Å². The number of carbonyl (C=O) groups is 2. The molecule has 2 rings (SSSR count). The second-order valence-electron chi connectivity index (χ2n) is 6.93. The third-order valence-electron chi connectivity index (χ3n) is 4.46. The van der Waals surface area contributed by atoms with Crippen LogP contribution < -0.4 is 14.9 Å². The predicted octanol–water partition coefficient (Wildman–Crippen LogP) is 4.02. The number of rotatable bonds is 10. The summed E-state index contributed by atoms with van der Waals surface area (Å²) < 4.78 is 27.9. The second kappa shape index (κ2) is 11.4. The summed E-state index contributed by atoms with van der Waals surface area (Å²) in [5.41, 5.74) is 0.416. The summed E-state index contributed by atoms with van der Waals surface area (Å²) in [5, 5.41) is 5.66. The Hall–Kier alpha value is -2.55. The van der Waals surface area contributed by atoms with Crippen molar-refractivity contribution in [2.45, 2.75) is 31.2 Å². The lowest BCUT2D eigenvalue weighted by Crippen LogP contribution is -2.45. The first-order chi connectivity index (χ1) is 15.1. The molecule has 0 aliphatic heterocycles. The van der Waals surface area contributed by atoms with Gasteiger partial charge in [-0.3, -0.25) is 13.9 Å². The van der Waals surface area contributed by atoms with Gasteiger partial charge < -0.3 is 10.6 Å². The van der Waals surface area contributed by atoms with Crippen LogP contribution in [0.2, 0.25) is 10.0 Å². The van der Waals surface area contributed by atoms with Gasteiger partial charge in [-0.05, 0) is 55.8 Å². The number of nitrogens with one attached hydrogen (secondary N) is 2. The number of hydrogen-bond donors (Lipinski definition) is 2. The van der Waals surface area contributed by atoms with E-state index in [1.54, 1.807) is 31.2 Å². The number of benzene rings is 2. The van der Waals surface area contributed by atoms with Crippen molar-refractivity contribution in [3.05, 3.63) is 70.7 Å². The van der Waals surface area contributed by atoms with Gasteiger partial charge in [-0.25, -0.2) is 8.42 Å². The van der Waals surface area contributed by atoms with E-state index in [1.165, 1.54) is 24.3 Å². The van der Waals surface area contributed by atoms with Gasteiger partial charge in [-0.2, -0.15) is 0 Å². The van der Waals surface area contributed by atoms with E-state index in [-0.39, 0.29) is 27.9 Å². The van der Waals surface area contributed by atoms with E-state index >= 15 is 0 Å². The molecule has 0 aliphatic rings. The normalized spacial score (nSPS) is 12.0. The molecule has 1 atom stereocenters. The van der Waals surface area contributed by atoms with E-state index in [9.17, 15) is 18.0 Å². The molecule has 0 aromatic heterocycles. The van der Waals surface area contributed by atoms with Gasteiger partial charge in [0.05, 0.1) is 17.3 Å². The van der Waals surface area contributed by atoms with Gasteiger partial charge in [0.25, 0.3) is 15.9 Å². The van der Waals surface area contributed by atoms with Crippen LogP contribution in [0.1, 0.15) is 30.6 Å². The van der Waals surface area contributed by atoms with E-state index in [4.69, 9.17) is 23.2 Å². The number of nitrogens with zero attached hydrogens (tertiary/aromatic N) is 1. The average molecular weight is 498 g/mol. The van der Waals surface area contributed by atoms with Gasteiger partial charge in [-0.1, -0.05) is 36.2 Å². The lowest BCUT2D eigenvalue weighted by molar-refractivity contribution is -0.122. The van der Waals surface area contributed by atoms with Crippen molar-refractivity contribution in [3.63, 3.8) is 0 Å². The van der Waals surface area contributed by atoms with Crippen LogP contribution in [0.4, 0.5) is 5.69 Å².